The molecule has 0 aliphatic heterocycles. The van der Waals surface area contributed by atoms with E-state index < -0.39 is 5.97 Å². The van der Waals surface area contributed by atoms with E-state index in [0.29, 0.717) is 0 Å². The van der Waals surface area contributed by atoms with Crippen LogP contribution in [-0.2, 0) is 14.3 Å². The summed E-state index contributed by atoms with van der Waals surface area (Å²) in [6.07, 6.45) is 0.896. The Labute approximate surface area is 67.1 Å². The lowest BCUT2D eigenvalue weighted by atomic mass is 10.5. The van der Waals surface area contributed by atoms with E-state index in [1.807, 2.05) is 6.92 Å². The highest BCUT2D eigenvalue weighted by Gasteiger charge is 1.96. The molecule has 4 nitrogen and oxygen atoms in total. The third-order valence-electron chi connectivity index (χ3n) is 0.859. The molecule has 0 heterocycles. The molecular formula is C7H16O4. The molecule has 0 spiro atoms. The van der Waals surface area contributed by atoms with Crippen LogP contribution in [0.4, 0.5) is 0 Å². The van der Waals surface area contributed by atoms with Crippen molar-refractivity contribution in [2.24, 2.45) is 0 Å². The molecule has 0 atom stereocenters. The van der Waals surface area contributed by atoms with Crippen LogP contribution in [0.2, 0.25) is 0 Å². The summed E-state index contributed by atoms with van der Waals surface area (Å²) in [7, 11) is 3.27. The lowest BCUT2D eigenvalue weighted by Crippen LogP contribution is -2.10. The van der Waals surface area contributed by atoms with Gasteiger partial charge in [0.25, 0.3) is 5.97 Å². The maximum absolute atomic E-state index is 9.00. The molecule has 0 aromatic carbocycles. The first-order valence-electron chi connectivity index (χ1n) is 3.33. The van der Waals surface area contributed by atoms with Crippen molar-refractivity contribution in [3.05, 3.63) is 0 Å². The van der Waals surface area contributed by atoms with Crippen molar-refractivity contribution in [3.8, 4) is 0 Å². The molecule has 0 aliphatic rings. The molecule has 11 heavy (non-hydrogen) atoms. The van der Waals surface area contributed by atoms with E-state index in [0.717, 1.165) is 13.3 Å². The van der Waals surface area contributed by atoms with E-state index in [2.05, 4.69) is 0 Å². The summed E-state index contributed by atoms with van der Waals surface area (Å²) >= 11 is 0. The van der Waals surface area contributed by atoms with Crippen LogP contribution in [0.5, 0.6) is 0 Å². The van der Waals surface area contributed by atoms with Gasteiger partial charge in [-0.3, -0.25) is 4.79 Å². The lowest BCUT2D eigenvalue weighted by molar-refractivity contribution is -0.134. The minimum absolute atomic E-state index is 0.0139. The third-order valence-corrected chi connectivity index (χ3v) is 0.859. The van der Waals surface area contributed by atoms with Gasteiger partial charge in [-0.1, -0.05) is 6.92 Å². The van der Waals surface area contributed by atoms with Gasteiger partial charge in [0.05, 0.1) is 0 Å². The van der Waals surface area contributed by atoms with Crippen molar-refractivity contribution >= 4 is 5.97 Å². The highest BCUT2D eigenvalue weighted by molar-refractivity contribution is 5.62. The van der Waals surface area contributed by atoms with Gasteiger partial charge < -0.3 is 14.6 Å². The molecule has 1 N–H and O–H groups in total. The Kier molecular flexibility index (Phi) is 11.1. The molecule has 4 heteroatoms. The first-order valence-corrected chi connectivity index (χ1v) is 3.33. The Morgan fingerprint density at radius 2 is 1.73 bits per heavy atom. The van der Waals surface area contributed by atoms with Gasteiger partial charge >= 0.3 is 0 Å². The second-order valence-corrected chi connectivity index (χ2v) is 1.83. The zero-order valence-electron chi connectivity index (χ0n) is 7.46. The van der Waals surface area contributed by atoms with Crippen LogP contribution in [0.3, 0.4) is 0 Å². The molecule has 0 aromatic heterocycles. The molecule has 0 unspecified atom stereocenters. The van der Waals surface area contributed by atoms with Crippen LogP contribution in [0.15, 0.2) is 0 Å². The summed E-state index contributed by atoms with van der Waals surface area (Å²) in [6.45, 7) is 3.09. The molecule has 0 amide bonds. The number of hydrogen-bond acceptors (Lipinski definition) is 3. The Morgan fingerprint density at radius 3 is 1.73 bits per heavy atom. The molecule has 0 bridgehead atoms. The van der Waals surface area contributed by atoms with Gasteiger partial charge in [0, 0.05) is 21.1 Å². The molecule has 0 rings (SSSR count). The summed E-state index contributed by atoms with van der Waals surface area (Å²) in [5.74, 6) is -0.833. The van der Waals surface area contributed by atoms with Crippen LogP contribution in [0.25, 0.3) is 0 Å². The summed E-state index contributed by atoms with van der Waals surface area (Å²) in [4.78, 5) is 9.00. The van der Waals surface area contributed by atoms with Crippen molar-refractivity contribution in [2.75, 3.05) is 14.2 Å². The Balaban J connectivity index is 0. The Bertz CT molecular complexity index is 78.9. The average molecular weight is 164 g/mol. The van der Waals surface area contributed by atoms with Crippen LogP contribution in [0.1, 0.15) is 20.3 Å². The molecule has 0 aliphatic carbocycles. The second-order valence-electron chi connectivity index (χ2n) is 1.83. The summed E-state index contributed by atoms with van der Waals surface area (Å²) in [5, 5.41) is 7.42. The number of rotatable bonds is 3. The molecular weight excluding hydrogens is 148 g/mol. The monoisotopic (exact) mass is 164 g/mol. The minimum Gasteiger partial charge on any atom is -0.481 e. The topological polar surface area (TPSA) is 55.8 Å². The molecule has 0 aromatic rings. The predicted octanol–water partition coefficient (Wildman–Crippen LogP) is 1.11. The number of methoxy groups -OCH3 is 2. The van der Waals surface area contributed by atoms with Crippen LogP contribution in [0, 0.1) is 0 Å². The smallest absolute Gasteiger partial charge is 0.300 e. The normalized spacial score (nSPS) is 8.82. The van der Waals surface area contributed by atoms with E-state index in [9.17, 15) is 0 Å². The van der Waals surface area contributed by atoms with Crippen LogP contribution in [-0.4, -0.2) is 31.6 Å². The summed E-state index contributed by atoms with van der Waals surface area (Å²) in [6, 6.07) is 0. The van der Waals surface area contributed by atoms with Gasteiger partial charge in [-0.05, 0) is 6.42 Å². The summed E-state index contributed by atoms with van der Waals surface area (Å²) in [5.41, 5.74) is 0. The van der Waals surface area contributed by atoms with Gasteiger partial charge in [-0.15, -0.1) is 0 Å². The maximum Gasteiger partial charge on any atom is 0.300 e. The number of carboxylic acids is 1. The predicted molar refractivity (Wildman–Crippen MR) is 41.4 cm³/mol. The van der Waals surface area contributed by atoms with Crippen molar-refractivity contribution < 1.29 is 19.4 Å². The third kappa shape index (κ3) is 17.7. The molecule has 0 fully saturated rings. The van der Waals surface area contributed by atoms with E-state index in [4.69, 9.17) is 19.4 Å². The van der Waals surface area contributed by atoms with Gasteiger partial charge in [0.15, 0.2) is 6.29 Å². The molecule has 0 saturated carbocycles. The van der Waals surface area contributed by atoms with E-state index >= 15 is 0 Å². The van der Waals surface area contributed by atoms with Gasteiger partial charge in [0.2, 0.25) is 0 Å². The Hall–Kier alpha value is -0.610. The van der Waals surface area contributed by atoms with Crippen molar-refractivity contribution in [1.82, 2.24) is 0 Å². The van der Waals surface area contributed by atoms with Gasteiger partial charge in [-0.25, -0.2) is 0 Å². The highest BCUT2D eigenvalue weighted by Crippen LogP contribution is 1.93. The standard InChI is InChI=1S/C5H12O2.C2H4O2/c1-4-5(6-2)7-3;1-2(3)4/h5H,4H2,1-3H3;1H3,(H,3,4). The SMILES string of the molecule is CC(=O)O.CCC(OC)OC. The maximum atomic E-state index is 9.00. The fourth-order valence-corrected chi connectivity index (χ4v) is 0.430. The fraction of sp³-hybridized carbons (Fsp3) is 0.857. The fourth-order valence-electron chi connectivity index (χ4n) is 0.430. The number of ether oxygens (including phenoxy) is 2. The molecule has 0 saturated heterocycles. The van der Waals surface area contributed by atoms with E-state index in [1.54, 1.807) is 14.2 Å². The minimum atomic E-state index is -0.833. The lowest BCUT2D eigenvalue weighted by Gasteiger charge is -2.08. The Morgan fingerprint density at radius 1 is 1.45 bits per heavy atom. The number of carboxylic acid groups (broad SMARTS) is 1. The first-order chi connectivity index (χ1) is 5.08. The van der Waals surface area contributed by atoms with Gasteiger partial charge in [-0.2, -0.15) is 0 Å². The first kappa shape index (κ1) is 13.0. The molecule has 0 radical (unpaired) electrons. The van der Waals surface area contributed by atoms with Gasteiger partial charge in [0.1, 0.15) is 0 Å². The van der Waals surface area contributed by atoms with Crippen molar-refractivity contribution in [2.45, 2.75) is 26.6 Å². The second kappa shape index (κ2) is 9.39. The average Bonchev–Trinajstić information content (AvgIpc) is 1.90. The molecule has 68 valence electrons. The van der Waals surface area contributed by atoms with Crippen molar-refractivity contribution in [1.29, 1.82) is 0 Å². The van der Waals surface area contributed by atoms with E-state index in [1.165, 1.54) is 0 Å². The highest BCUT2D eigenvalue weighted by atomic mass is 16.7. The van der Waals surface area contributed by atoms with Crippen molar-refractivity contribution in [3.63, 3.8) is 0 Å². The largest absolute Gasteiger partial charge is 0.481 e. The van der Waals surface area contributed by atoms with E-state index in [-0.39, 0.29) is 6.29 Å². The summed E-state index contributed by atoms with van der Waals surface area (Å²) < 4.78 is 9.65. The van der Waals surface area contributed by atoms with Crippen LogP contribution >= 0.6 is 0 Å². The number of aliphatic carboxylic acids is 1. The number of carbonyl (C=O) groups is 1. The quantitative estimate of drug-likeness (QED) is 0.635. The zero-order chi connectivity index (χ0) is 9.28. The number of hydrogen-bond donors (Lipinski definition) is 1. The van der Waals surface area contributed by atoms with Crippen LogP contribution < -0.4 is 0 Å². The zero-order valence-corrected chi connectivity index (χ0v) is 7.46.